The maximum absolute atomic E-state index is 11.4. The molecule has 0 aliphatic carbocycles. The van der Waals surface area contributed by atoms with E-state index >= 15 is 0 Å². The normalized spacial score (nSPS) is 15.1. The van der Waals surface area contributed by atoms with E-state index in [-0.39, 0.29) is 11.8 Å². The van der Waals surface area contributed by atoms with Gasteiger partial charge in [-0.15, -0.1) is 11.3 Å². The molecule has 1 amide bonds. The van der Waals surface area contributed by atoms with Crippen molar-refractivity contribution in [3.63, 3.8) is 0 Å². The molecule has 0 bridgehead atoms. The summed E-state index contributed by atoms with van der Waals surface area (Å²) in [5.74, 6) is 0.680. The first-order chi connectivity index (χ1) is 17.1. The topological polar surface area (TPSA) is 99.9 Å². The molecular formula is C27H26N6OS. The predicted octanol–water partition coefficient (Wildman–Crippen LogP) is 5.28. The monoisotopic (exact) mass is 482 g/mol. The average Bonchev–Trinajstić information content (AvgIpc) is 3.52. The number of carbonyl (C=O) groups is 1. The summed E-state index contributed by atoms with van der Waals surface area (Å²) in [5, 5.41) is 4.63. The minimum atomic E-state index is -0.165. The largest absolute Gasteiger partial charge is 0.369 e. The van der Waals surface area contributed by atoms with Crippen molar-refractivity contribution >= 4 is 49.9 Å². The molecule has 3 aromatic heterocycles. The van der Waals surface area contributed by atoms with E-state index in [4.69, 9.17) is 5.73 Å². The van der Waals surface area contributed by atoms with Crippen LogP contribution in [0.4, 0.5) is 11.5 Å². The van der Waals surface area contributed by atoms with E-state index in [1.54, 1.807) is 17.7 Å². The fourth-order valence-electron chi connectivity index (χ4n) is 4.76. The van der Waals surface area contributed by atoms with Gasteiger partial charge in [-0.1, -0.05) is 24.3 Å². The molecule has 0 atom stereocenters. The Labute approximate surface area is 207 Å². The third-order valence-corrected chi connectivity index (χ3v) is 7.94. The summed E-state index contributed by atoms with van der Waals surface area (Å²) in [7, 11) is 0. The second kappa shape index (κ2) is 9.13. The zero-order valence-electron chi connectivity index (χ0n) is 19.2. The van der Waals surface area contributed by atoms with E-state index in [2.05, 4.69) is 79.8 Å². The van der Waals surface area contributed by atoms with Gasteiger partial charge in [0.1, 0.15) is 6.33 Å². The molecule has 1 aliphatic rings. The van der Waals surface area contributed by atoms with Crippen LogP contribution in [0.5, 0.6) is 0 Å². The van der Waals surface area contributed by atoms with Gasteiger partial charge in [-0.05, 0) is 67.4 Å². The van der Waals surface area contributed by atoms with Crippen LogP contribution in [0.15, 0.2) is 67.1 Å². The Kier molecular flexibility index (Phi) is 5.67. The number of aromatic nitrogens is 3. The number of nitrogens with two attached hydrogens (primary N) is 1. The second-order valence-corrected chi connectivity index (χ2v) is 10.2. The average molecular weight is 483 g/mol. The van der Waals surface area contributed by atoms with Gasteiger partial charge in [0.25, 0.3) is 0 Å². The van der Waals surface area contributed by atoms with Crippen LogP contribution in [0.25, 0.3) is 31.6 Å². The predicted molar refractivity (Wildman–Crippen MR) is 142 cm³/mol. The van der Waals surface area contributed by atoms with Crippen LogP contribution in [-0.4, -0.2) is 38.8 Å². The van der Waals surface area contributed by atoms with Gasteiger partial charge in [-0.3, -0.25) is 9.69 Å². The minimum absolute atomic E-state index is 0.0283. The number of hydrogen-bond acceptors (Lipinski definition) is 6. The Hall–Kier alpha value is -3.75. The Balaban J connectivity index is 1.19. The van der Waals surface area contributed by atoms with E-state index in [9.17, 15) is 4.79 Å². The van der Waals surface area contributed by atoms with Gasteiger partial charge in [0.15, 0.2) is 5.82 Å². The third kappa shape index (κ3) is 4.50. The molecular weight excluding hydrogens is 456 g/mol. The van der Waals surface area contributed by atoms with Crippen molar-refractivity contribution in [1.82, 2.24) is 19.9 Å². The van der Waals surface area contributed by atoms with Gasteiger partial charge in [-0.2, -0.15) is 0 Å². The molecule has 4 N–H and O–H groups in total. The number of aromatic amines is 1. The second-order valence-electron chi connectivity index (χ2n) is 9.10. The van der Waals surface area contributed by atoms with E-state index in [0.29, 0.717) is 0 Å². The summed E-state index contributed by atoms with van der Waals surface area (Å²) in [6.07, 6.45) is 5.26. The van der Waals surface area contributed by atoms with Crippen molar-refractivity contribution in [2.45, 2.75) is 19.4 Å². The number of amides is 1. The fraction of sp³-hybridized carbons (Fsp3) is 0.222. The molecule has 0 radical (unpaired) electrons. The number of fused-ring (bicyclic) bond motifs is 2. The molecule has 4 heterocycles. The standard InChI is InChI=1S/C27H26N6OS/c28-26(34)19-8-11-33(12-9-19)15-17-1-3-18(4-2-17)24-14-23-25(35-24)27(31-16-30-23)32-21-5-6-22-20(13-21)7-10-29-22/h1-7,10,13-14,16,19,29H,8-9,11-12,15H2,(H2,28,34)(H,30,31,32). The van der Waals surface area contributed by atoms with Crippen LogP contribution in [0, 0.1) is 5.92 Å². The van der Waals surface area contributed by atoms with Crippen LogP contribution in [0.3, 0.4) is 0 Å². The maximum atomic E-state index is 11.4. The summed E-state index contributed by atoms with van der Waals surface area (Å²) < 4.78 is 1.04. The van der Waals surface area contributed by atoms with Gasteiger partial charge in [0, 0.05) is 40.1 Å². The quantitative estimate of drug-likeness (QED) is 0.306. The summed E-state index contributed by atoms with van der Waals surface area (Å²) in [6, 6.07) is 19.2. The first-order valence-corrected chi connectivity index (χ1v) is 12.6. The lowest BCUT2D eigenvalue weighted by Gasteiger charge is -2.30. The van der Waals surface area contributed by atoms with Crippen molar-refractivity contribution in [3.8, 4) is 10.4 Å². The summed E-state index contributed by atoms with van der Waals surface area (Å²) in [6.45, 7) is 2.72. The number of carbonyl (C=O) groups excluding carboxylic acids is 1. The smallest absolute Gasteiger partial charge is 0.220 e. The highest BCUT2D eigenvalue weighted by Gasteiger charge is 2.23. The van der Waals surface area contributed by atoms with Crippen LogP contribution in [-0.2, 0) is 11.3 Å². The van der Waals surface area contributed by atoms with Crippen molar-refractivity contribution in [1.29, 1.82) is 0 Å². The first kappa shape index (κ1) is 21.8. The van der Waals surface area contributed by atoms with Gasteiger partial charge >= 0.3 is 0 Å². The number of piperidine rings is 1. The van der Waals surface area contributed by atoms with Crippen molar-refractivity contribution in [3.05, 3.63) is 72.7 Å². The molecule has 8 heteroatoms. The molecule has 1 fully saturated rings. The van der Waals surface area contributed by atoms with Crippen molar-refractivity contribution in [2.75, 3.05) is 18.4 Å². The summed E-state index contributed by atoms with van der Waals surface area (Å²) in [4.78, 5) is 27.2. The molecule has 6 rings (SSSR count). The Morgan fingerprint density at radius 3 is 2.71 bits per heavy atom. The fourth-order valence-corrected chi connectivity index (χ4v) is 5.82. The Morgan fingerprint density at radius 1 is 1.09 bits per heavy atom. The number of benzene rings is 2. The van der Waals surface area contributed by atoms with E-state index in [1.165, 1.54) is 16.0 Å². The van der Waals surface area contributed by atoms with Crippen LogP contribution < -0.4 is 11.1 Å². The molecule has 2 aromatic carbocycles. The summed E-state index contributed by atoms with van der Waals surface area (Å²) >= 11 is 1.70. The number of anilines is 2. The molecule has 5 aromatic rings. The van der Waals surface area contributed by atoms with E-state index in [1.807, 2.05) is 6.20 Å². The Morgan fingerprint density at radius 2 is 1.91 bits per heavy atom. The number of hydrogen-bond donors (Lipinski definition) is 3. The van der Waals surface area contributed by atoms with E-state index in [0.717, 1.165) is 65.1 Å². The van der Waals surface area contributed by atoms with E-state index < -0.39 is 0 Å². The first-order valence-electron chi connectivity index (χ1n) is 11.8. The van der Waals surface area contributed by atoms with Gasteiger partial charge in [0.2, 0.25) is 5.91 Å². The van der Waals surface area contributed by atoms with Crippen molar-refractivity contribution in [2.24, 2.45) is 11.7 Å². The lowest BCUT2D eigenvalue weighted by Crippen LogP contribution is -2.38. The number of rotatable bonds is 6. The number of nitrogens with one attached hydrogen (secondary N) is 2. The SMILES string of the molecule is NC(=O)C1CCN(Cc2ccc(-c3cc4ncnc(Nc5ccc6[nH]ccc6c5)c4s3)cc2)CC1. The van der Waals surface area contributed by atoms with Crippen LogP contribution in [0.1, 0.15) is 18.4 Å². The highest BCUT2D eigenvalue weighted by molar-refractivity contribution is 7.22. The zero-order valence-corrected chi connectivity index (χ0v) is 20.0. The van der Waals surface area contributed by atoms with Crippen molar-refractivity contribution < 1.29 is 4.79 Å². The lowest BCUT2D eigenvalue weighted by atomic mass is 9.96. The number of thiophene rings is 1. The highest BCUT2D eigenvalue weighted by atomic mass is 32.1. The van der Waals surface area contributed by atoms with Gasteiger partial charge < -0.3 is 16.0 Å². The van der Waals surface area contributed by atoms with Gasteiger partial charge in [0.05, 0.1) is 10.2 Å². The molecule has 0 spiro atoms. The summed E-state index contributed by atoms with van der Waals surface area (Å²) in [5.41, 5.74) is 10.9. The lowest BCUT2D eigenvalue weighted by molar-refractivity contribution is -0.123. The molecule has 7 nitrogen and oxygen atoms in total. The number of H-pyrrole nitrogens is 1. The molecule has 35 heavy (non-hydrogen) atoms. The van der Waals surface area contributed by atoms with Crippen LogP contribution in [0.2, 0.25) is 0 Å². The third-order valence-electron chi connectivity index (χ3n) is 6.76. The number of likely N-dealkylation sites (tertiary alicyclic amines) is 1. The molecule has 0 unspecified atom stereocenters. The molecule has 0 saturated carbocycles. The molecule has 176 valence electrons. The molecule has 1 aliphatic heterocycles. The molecule has 1 saturated heterocycles. The van der Waals surface area contributed by atoms with Gasteiger partial charge in [-0.25, -0.2) is 9.97 Å². The number of nitrogens with zero attached hydrogens (tertiary/aromatic N) is 3. The minimum Gasteiger partial charge on any atom is -0.369 e. The highest BCUT2D eigenvalue weighted by Crippen LogP contribution is 2.37. The number of primary amides is 1. The van der Waals surface area contributed by atoms with Crippen LogP contribution >= 0.6 is 11.3 Å². The maximum Gasteiger partial charge on any atom is 0.220 e. The Bertz CT molecular complexity index is 1500. The zero-order chi connectivity index (χ0) is 23.8.